The van der Waals surface area contributed by atoms with Crippen LogP contribution in [0.4, 0.5) is 5.69 Å². The number of carbonyl (C=O) groups is 2. The summed E-state index contributed by atoms with van der Waals surface area (Å²) in [4.78, 5) is 27.3. The van der Waals surface area contributed by atoms with Crippen LogP contribution in [-0.4, -0.2) is 31.1 Å². The second-order valence-corrected chi connectivity index (χ2v) is 7.97. The van der Waals surface area contributed by atoms with Gasteiger partial charge in [0.2, 0.25) is 0 Å². The molecule has 1 saturated heterocycles. The summed E-state index contributed by atoms with van der Waals surface area (Å²) in [5.74, 6) is -0.154. The standard InChI is InChI=1S/C23H16Cl2N2O4S/c1-30-13-8-6-12-7-9-19(31-2)15(14(12)10-13)11-16-21(28)26-23(32)27(22(16)29)18-5-3-4-17(24)20(18)25/h3-11H,1-2H3,(H,26,28,32). The molecule has 162 valence electrons. The molecule has 1 heterocycles. The minimum Gasteiger partial charge on any atom is -0.497 e. The van der Waals surface area contributed by atoms with Crippen LogP contribution in [0.5, 0.6) is 11.5 Å². The molecule has 32 heavy (non-hydrogen) atoms. The largest absolute Gasteiger partial charge is 0.497 e. The van der Waals surface area contributed by atoms with Gasteiger partial charge in [0.05, 0.1) is 30.0 Å². The summed E-state index contributed by atoms with van der Waals surface area (Å²) in [6.07, 6.45) is 1.48. The molecule has 0 bridgehead atoms. The molecule has 0 saturated carbocycles. The lowest BCUT2D eigenvalue weighted by Crippen LogP contribution is -2.54. The maximum Gasteiger partial charge on any atom is 0.270 e. The second kappa shape index (κ2) is 8.78. The molecule has 2 amide bonds. The summed E-state index contributed by atoms with van der Waals surface area (Å²) in [7, 11) is 3.07. The number of fused-ring (bicyclic) bond motifs is 1. The number of hydrogen-bond donors (Lipinski definition) is 1. The molecule has 6 nitrogen and oxygen atoms in total. The molecule has 1 fully saturated rings. The predicted octanol–water partition coefficient (Wildman–Crippen LogP) is 5.00. The zero-order valence-corrected chi connectivity index (χ0v) is 19.3. The van der Waals surface area contributed by atoms with E-state index in [1.807, 2.05) is 24.3 Å². The van der Waals surface area contributed by atoms with Crippen molar-refractivity contribution in [2.45, 2.75) is 0 Å². The van der Waals surface area contributed by atoms with Crippen LogP contribution in [0, 0.1) is 0 Å². The van der Waals surface area contributed by atoms with Crippen molar-refractivity contribution in [3.63, 3.8) is 0 Å². The van der Waals surface area contributed by atoms with E-state index >= 15 is 0 Å². The highest BCUT2D eigenvalue weighted by molar-refractivity contribution is 7.80. The first kappa shape index (κ1) is 22.1. The van der Waals surface area contributed by atoms with Crippen LogP contribution in [0.25, 0.3) is 16.8 Å². The first-order chi connectivity index (χ1) is 15.3. The van der Waals surface area contributed by atoms with Crippen LogP contribution in [0.2, 0.25) is 10.0 Å². The number of methoxy groups -OCH3 is 2. The van der Waals surface area contributed by atoms with Gasteiger partial charge in [-0.1, -0.05) is 41.4 Å². The first-order valence-electron chi connectivity index (χ1n) is 9.36. The van der Waals surface area contributed by atoms with Crippen molar-refractivity contribution >= 4 is 74.9 Å². The molecule has 3 aromatic carbocycles. The Morgan fingerprint density at radius 1 is 1.03 bits per heavy atom. The zero-order chi connectivity index (χ0) is 23.0. The molecule has 3 aromatic rings. The number of nitrogens with one attached hydrogen (secondary N) is 1. The summed E-state index contributed by atoms with van der Waals surface area (Å²) < 4.78 is 10.8. The van der Waals surface area contributed by atoms with E-state index in [-0.39, 0.29) is 26.4 Å². The summed E-state index contributed by atoms with van der Waals surface area (Å²) in [5, 5.41) is 4.49. The van der Waals surface area contributed by atoms with Gasteiger partial charge < -0.3 is 9.47 Å². The number of carbonyl (C=O) groups excluding carboxylic acids is 2. The van der Waals surface area contributed by atoms with Crippen molar-refractivity contribution in [1.82, 2.24) is 5.32 Å². The number of thiocarbonyl (C=S) groups is 1. The van der Waals surface area contributed by atoms with Crippen LogP contribution >= 0.6 is 35.4 Å². The molecule has 1 aliphatic rings. The molecule has 0 unspecified atom stereocenters. The number of halogens is 2. The van der Waals surface area contributed by atoms with Gasteiger partial charge in [0.1, 0.15) is 17.1 Å². The zero-order valence-electron chi connectivity index (χ0n) is 16.9. The Kier molecular flexibility index (Phi) is 6.06. The van der Waals surface area contributed by atoms with Crippen LogP contribution in [0.1, 0.15) is 5.56 Å². The lowest BCUT2D eigenvalue weighted by molar-refractivity contribution is -0.122. The number of rotatable bonds is 4. The van der Waals surface area contributed by atoms with Gasteiger partial charge in [-0.25, -0.2) is 0 Å². The fraction of sp³-hybridized carbons (Fsp3) is 0.0870. The minimum atomic E-state index is -0.634. The Morgan fingerprint density at radius 3 is 2.50 bits per heavy atom. The van der Waals surface area contributed by atoms with Gasteiger partial charge in [-0.15, -0.1) is 0 Å². The van der Waals surface area contributed by atoms with E-state index in [1.165, 1.54) is 13.2 Å². The van der Waals surface area contributed by atoms with E-state index in [9.17, 15) is 9.59 Å². The molecule has 1 aliphatic heterocycles. The average molecular weight is 487 g/mol. The molecule has 4 rings (SSSR count). The Balaban J connectivity index is 1.91. The molecule has 0 aromatic heterocycles. The second-order valence-electron chi connectivity index (χ2n) is 6.80. The fourth-order valence-corrected chi connectivity index (χ4v) is 4.10. The third-order valence-corrected chi connectivity index (χ3v) is 6.11. The molecule has 1 N–H and O–H groups in total. The summed E-state index contributed by atoms with van der Waals surface area (Å²) in [6.45, 7) is 0. The fourth-order valence-electron chi connectivity index (χ4n) is 3.44. The van der Waals surface area contributed by atoms with Crippen LogP contribution in [0.15, 0.2) is 54.1 Å². The number of hydrogen-bond acceptors (Lipinski definition) is 5. The van der Waals surface area contributed by atoms with E-state index in [0.29, 0.717) is 17.1 Å². The number of ether oxygens (including phenoxy) is 2. The van der Waals surface area contributed by atoms with Gasteiger partial charge in [0.25, 0.3) is 11.8 Å². The van der Waals surface area contributed by atoms with E-state index in [4.69, 9.17) is 44.9 Å². The highest BCUT2D eigenvalue weighted by Gasteiger charge is 2.36. The van der Waals surface area contributed by atoms with Crippen molar-refractivity contribution in [2.75, 3.05) is 19.1 Å². The molecular weight excluding hydrogens is 471 g/mol. The Labute approximate surface area is 199 Å². The van der Waals surface area contributed by atoms with Crippen LogP contribution in [0.3, 0.4) is 0 Å². The van der Waals surface area contributed by atoms with E-state index in [2.05, 4.69) is 5.32 Å². The van der Waals surface area contributed by atoms with Gasteiger partial charge in [-0.3, -0.25) is 19.8 Å². The Morgan fingerprint density at radius 2 is 1.78 bits per heavy atom. The predicted molar refractivity (Wildman–Crippen MR) is 130 cm³/mol. The van der Waals surface area contributed by atoms with Gasteiger partial charge in [-0.05, 0) is 59.4 Å². The van der Waals surface area contributed by atoms with Gasteiger partial charge in [0.15, 0.2) is 5.11 Å². The molecule has 0 spiro atoms. The van der Waals surface area contributed by atoms with E-state index in [0.717, 1.165) is 15.7 Å². The van der Waals surface area contributed by atoms with Crippen LogP contribution in [-0.2, 0) is 9.59 Å². The Hall–Kier alpha value is -3.13. The third-order valence-electron chi connectivity index (χ3n) is 5.01. The number of amides is 2. The van der Waals surface area contributed by atoms with Crippen molar-refractivity contribution < 1.29 is 19.1 Å². The van der Waals surface area contributed by atoms with Gasteiger partial charge in [-0.2, -0.15) is 0 Å². The lowest BCUT2D eigenvalue weighted by atomic mass is 9.99. The maximum atomic E-state index is 13.4. The number of anilines is 1. The third kappa shape index (κ3) is 3.79. The van der Waals surface area contributed by atoms with Crippen molar-refractivity contribution in [1.29, 1.82) is 0 Å². The summed E-state index contributed by atoms with van der Waals surface area (Å²) in [5.41, 5.74) is 0.683. The molecule has 0 radical (unpaired) electrons. The van der Waals surface area contributed by atoms with Crippen molar-refractivity contribution in [2.24, 2.45) is 0 Å². The normalized spacial score (nSPS) is 15.3. The van der Waals surface area contributed by atoms with Gasteiger partial charge >= 0.3 is 0 Å². The van der Waals surface area contributed by atoms with E-state index in [1.54, 1.807) is 31.4 Å². The highest BCUT2D eigenvalue weighted by atomic mass is 35.5. The topological polar surface area (TPSA) is 67.9 Å². The van der Waals surface area contributed by atoms with Crippen molar-refractivity contribution in [3.8, 4) is 11.5 Å². The lowest BCUT2D eigenvalue weighted by Gasteiger charge is -2.29. The molecule has 9 heteroatoms. The monoisotopic (exact) mass is 486 g/mol. The van der Waals surface area contributed by atoms with Crippen LogP contribution < -0.4 is 19.7 Å². The number of nitrogens with zero attached hydrogens (tertiary/aromatic N) is 1. The molecule has 0 atom stereocenters. The average Bonchev–Trinajstić information content (AvgIpc) is 2.78. The molecular formula is C23H16Cl2N2O4S. The van der Waals surface area contributed by atoms with E-state index < -0.39 is 11.8 Å². The SMILES string of the molecule is COc1ccc2ccc(OC)c(C=C3C(=O)NC(=S)N(c4cccc(Cl)c4Cl)C3=O)c2c1. The maximum absolute atomic E-state index is 13.4. The quantitative estimate of drug-likeness (QED) is 0.319. The minimum absolute atomic E-state index is 0.0899. The smallest absolute Gasteiger partial charge is 0.270 e. The van der Waals surface area contributed by atoms with Crippen molar-refractivity contribution in [3.05, 3.63) is 69.7 Å². The molecule has 0 aliphatic carbocycles. The highest BCUT2D eigenvalue weighted by Crippen LogP contribution is 2.36. The summed E-state index contributed by atoms with van der Waals surface area (Å²) >= 11 is 17.7. The number of benzene rings is 3. The first-order valence-corrected chi connectivity index (χ1v) is 10.5. The summed E-state index contributed by atoms with van der Waals surface area (Å²) in [6, 6.07) is 14.0. The Bertz CT molecular complexity index is 1320. The van der Waals surface area contributed by atoms with Gasteiger partial charge in [0, 0.05) is 5.56 Å².